The first-order valence-corrected chi connectivity index (χ1v) is 12.0. The Kier molecular flexibility index (Phi) is 6.58. The minimum Gasteiger partial charge on any atom is -0.389 e. The number of H-pyrrole nitrogens is 1. The first-order valence-electron chi connectivity index (χ1n) is 11.2. The van der Waals surface area contributed by atoms with E-state index in [0.29, 0.717) is 11.4 Å². The van der Waals surface area contributed by atoms with Crippen LogP contribution in [-0.2, 0) is 0 Å². The van der Waals surface area contributed by atoms with Gasteiger partial charge in [-0.3, -0.25) is 4.79 Å². The molecule has 0 unspecified atom stereocenters. The Labute approximate surface area is 202 Å². The van der Waals surface area contributed by atoms with E-state index in [2.05, 4.69) is 50.8 Å². The summed E-state index contributed by atoms with van der Waals surface area (Å²) >= 11 is 1.60. The van der Waals surface area contributed by atoms with Crippen molar-refractivity contribution >= 4 is 44.7 Å². The summed E-state index contributed by atoms with van der Waals surface area (Å²) in [4.78, 5) is 24.9. The van der Waals surface area contributed by atoms with E-state index in [1.807, 2.05) is 36.7 Å². The molecule has 1 amide bonds. The Morgan fingerprint density at radius 3 is 2.74 bits per heavy atom. The maximum Gasteiger partial charge on any atom is 0.253 e. The first kappa shape index (κ1) is 23.7. The summed E-state index contributed by atoms with van der Waals surface area (Å²) < 4.78 is 1.11. The Hall–Kier alpha value is -3.43. The molecule has 0 saturated carbocycles. The van der Waals surface area contributed by atoms with Crippen LogP contribution in [-0.4, -0.2) is 44.2 Å². The number of carbonyl (C=O) groups is 1. The molecule has 0 fully saturated rings. The molecule has 8 nitrogen and oxygen atoms in total. The van der Waals surface area contributed by atoms with E-state index in [1.54, 1.807) is 31.4 Å². The zero-order valence-electron chi connectivity index (χ0n) is 20.0. The van der Waals surface area contributed by atoms with Crippen LogP contribution in [0.5, 0.6) is 0 Å². The van der Waals surface area contributed by atoms with Crippen molar-refractivity contribution in [1.29, 1.82) is 0 Å². The second kappa shape index (κ2) is 9.44. The molecule has 34 heavy (non-hydrogen) atoms. The highest BCUT2D eigenvalue weighted by atomic mass is 32.1. The number of rotatable bonds is 8. The number of nitrogens with one attached hydrogen (secondary N) is 4. The second-order valence-corrected chi connectivity index (χ2v) is 10.2. The van der Waals surface area contributed by atoms with Gasteiger partial charge < -0.3 is 26.0 Å². The number of hydrogen-bond donors (Lipinski definition) is 5. The van der Waals surface area contributed by atoms with E-state index in [1.165, 1.54) is 0 Å². The lowest BCUT2D eigenvalue weighted by molar-refractivity contribution is 0.0694. The SMILES string of the molecule is Cc1[nH]c(-c2cnc(Nc3ccc4ncsc4c3)cc2NC(C)C)cc1C(=O)NCC(C)(C)O. The van der Waals surface area contributed by atoms with E-state index in [0.717, 1.165) is 38.5 Å². The summed E-state index contributed by atoms with van der Waals surface area (Å²) in [5.74, 6) is 0.479. The molecule has 0 aliphatic rings. The van der Waals surface area contributed by atoms with Crippen LogP contribution in [0.1, 0.15) is 43.7 Å². The van der Waals surface area contributed by atoms with Crippen LogP contribution in [0.25, 0.3) is 21.5 Å². The number of hydrogen-bond acceptors (Lipinski definition) is 7. The molecule has 0 aliphatic heterocycles. The van der Waals surface area contributed by atoms with Gasteiger partial charge in [-0.05, 0) is 58.9 Å². The number of nitrogens with zero attached hydrogens (tertiary/aromatic N) is 2. The van der Waals surface area contributed by atoms with Crippen molar-refractivity contribution in [3.8, 4) is 11.3 Å². The number of carbonyl (C=O) groups excluding carboxylic acids is 1. The number of anilines is 3. The predicted molar refractivity (Wildman–Crippen MR) is 139 cm³/mol. The fourth-order valence-electron chi connectivity index (χ4n) is 3.58. The van der Waals surface area contributed by atoms with Crippen molar-refractivity contribution in [1.82, 2.24) is 20.3 Å². The van der Waals surface area contributed by atoms with Crippen molar-refractivity contribution in [3.05, 3.63) is 53.3 Å². The molecular weight excluding hydrogens is 448 g/mol. The summed E-state index contributed by atoms with van der Waals surface area (Å²) in [6.45, 7) is 9.49. The van der Waals surface area contributed by atoms with Gasteiger partial charge in [0.1, 0.15) is 5.82 Å². The lowest BCUT2D eigenvalue weighted by Gasteiger charge is -2.17. The number of pyridine rings is 1. The third-order valence-electron chi connectivity index (χ3n) is 5.18. The van der Waals surface area contributed by atoms with Gasteiger partial charge in [0.05, 0.1) is 32.6 Å². The van der Waals surface area contributed by atoms with E-state index < -0.39 is 5.60 Å². The third-order valence-corrected chi connectivity index (χ3v) is 5.97. The van der Waals surface area contributed by atoms with E-state index in [9.17, 15) is 9.90 Å². The lowest BCUT2D eigenvalue weighted by Crippen LogP contribution is -2.38. The molecule has 3 heterocycles. The molecule has 178 valence electrons. The normalized spacial score (nSPS) is 11.7. The number of aromatic nitrogens is 3. The first-order chi connectivity index (χ1) is 16.1. The Morgan fingerprint density at radius 2 is 2.00 bits per heavy atom. The molecule has 0 bridgehead atoms. The molecule has 0 spiro atoms. The smallest absolute Gasteiger partial charge is 0.253 e. The summed E-state index contributed by atoms with van der Waals surface area (Å²) in [6, 6.07) is 10.0. The Bertz CT molecular complexity index is 1320. The van der Waals surface area contributed by atoms with E-state index in [-0.39, 0.29) is 18.5 Å². The summed E-state index contributed by atoms with van der Waals surface area (Å²) in [6.07, 6.45) is 1.79. The van der Waals surface area contributed by atoms with Crippen molar-refractivity contribution in [2.45, 2.75) is 46.3 Å². The minimum absolute atomic E-state index is 0.168. The molecule has 1 aromatic carbocycles. The fraction of sp³-hybridized carbons (Fsp3) is 0.320. The molecule has 0 aliphatic carbocycles. The van der Waals surface area contributed by atoms with Gasteiger partial charge in [-0.1, -0.05) is 0 Å². The molecule has 0 saturated heterocycles. The summed E-state index contributed by atoms with van der Waals surface area (Å²) in [5.41, 5.74) is 6.61. The summed E-state index contributed by atoms with van der Waals surface area (Å²) in [5, 5.41) is 19.6. The van der Waals surface area contributed by atoms with E-state index in [4.69, 9.17) is 0 Å². The van der Waals surface area contributed by atoms with Gasteiger partial charge in [-0.2, -0.15) is 0 Å². The average molecular weight is 479 g/mol. The van der Waals surface area contributed by atoms with Crippen molar-refractivity contribution in [3.63, 3.8) is 0 Å². The van der Waals surface area contributed by atoms with Gasteiger partial charge in [0.15, 0.2) is 0 Å². The van der Waals surface area contributed by atoms with Crippen molar-refractivity contribution in [2.24, 2.45) is 0 Å². The van der Waals surface area contributed by atoms with Crippen LogP contribution in [0.3, 0.4) is 0 Å². The number of aryl methyl sites for hydroxylation is 1. The molecule has 9 heteroatoms. The van der Waals surface area contributed by atoms with Crippen LogP contribution in [0.15, 0.2) is 42.0 Å². The fourth-order valence-corrected chi connectivity index (χ4v) is 4.30. The Morgan fingerprint density at radius 1 is 1.21 bits per heavy atom. The van der Waals surface area contributed by atoms with Gasteiger partial charge in [0.2, 0.25) is 0 Å². The zero-order chi connectivity index (χ0) is 24.5. The molecule has 5 N–H and O–H groups in total. The second-order valence-electron chi connectivity index (χ2n) is 9.29. The predicted octanol–water partition coefficient (Wildman–Crippen LogP) is 5.06. The standard InChI is InChI=1S/C25H30N6O2S/c1-14(2)29-21-10-23(31-16-6-7-19-22(8-16)34-13-28-19)26-11-18(21)20-9-17(15(3)30-20)24(32)27-12-25(4,5)33/h6-11,13-14,30,33H,12H2,1-5H3,(H,27,32)(H2,26,29,31). The van der Waals surface area contributed by atoms with Crippen LogP contribution in [0.2, 0.25) is 0 Å². The maximum atomic E-state index is 12.7. The highest BCUT2D eigenvalue weighted by Crippen LogP contribution is 2.32. The molecule has 4 rings (SSSR count). The molecule has 4 aromatic rings. The number of benzene rings is 1. The van der Waals surface area contributed by atoms with Crippen LogP contribution in [0, 0.1) is 6.92 Å². The van der Waals surface area contributed by atoms with Crippen LogP contribution < -0.4 is 16.0 Å². The number of thiazole rings is 1. The number of aromatic amines is 1. The monoisotopic (exact) mass is 478 g/mol. The lowest BCUT2D eigenvalue weighted by atomic mass is 10.1. The van der Waals surface area contributed by atoms with Crippen LogP contribution >= 0.6 is 11.3 Å². The van der Waals surface area contributed by atoms with Crippen LogP contribution in [0.4, 0.5) is 17.2 Å². The molecular formula is C25H30N6O2S. The van der Waals surface area contributed by atoms with Gasteiger partial charge in [-0.15, -0.1) is 11.3 Å². The number of amides is 1. The quantitative estimate of drug-likeness (QED) is 0.242. The van der Waals surface area contributed by atoms with E-state index >= 15 is 0 Å². The average Bonchev–Trinajstić information content (AvgIpc) is 3.37. The molecule has 3 aromatic heterocycles. The topological polar surface area (TPSA) is 115 Å². The number of fused-ring (bicyclic) bond motifs is 1. The number of aliphatic hydroxyl groups is 1. The molecule has 0 radical (unpaired) electrons. The zero-order valence-corrected chi connectivity index (χ0v) is 20.8. The molecule has 0 atom stereocenters. The van der Waals surface area contributed by atoms with Crippen molar-refractivity contribution < 1.29 is 9.90 Å². The highest BCUT2D eigenvalue weighted by molar-refractivity contribution is 7.16. The van der Waals surface area contributed by atoms with Crippen molar-refractivity contribution in [2.75, 3.05) is 17.2 Å². The van der Waals surface area contributed by atoms with Gasteiger partial charge >= 0.3 is 0 Å². The summed E-state index contributed by atoms with van der Waals surface area (Å²) in [7, 11) is 0. The largest absolute Gasteiger partial charge is 0.389 e. The maximum absolute atomic E-state index is 12.7. The van der Waals surface area contributed by atoms with Gasteiger partial charge in [0, 0.05) is 47.5 Å². The highest BCUT2D eigenvalue weighted by Gasteiger charge is 2.19. The minimum atomic E-state index is -0.978. The third kappa shape index (κ3) is 5.55. The Balaban J connectivity index is 1.62. The van der Waals surface area contributed by atoms with Gasteiger partial charge in [-0.25, -0.2) is 9.97 Å². The van der Waals surface area contributed by atoms with Gasteiger partial charge in [0.25, 0.3) is 5.91 Å².